The molecule has 0 aliphatic carbocycles. The van der Waals surface area contributed by atoms with Gasteiger partial charge < -0.3 is 25.0 Å². The molecule has 1 atom stereocenters. The first-order chi connectivity index (χ1) is 12.1. The van der Waals surface area contributed by atoms with Gasteiger partial charge in [-0.25, -0.2) is 0 Å². The molecule has 8 heteroatoms. The predicted molar refractivity (Wildman–Crippen MR) is 91.9 cm³/mol. The number of nitrogens with zero attached hydrogens (tertiary/aromatic N) is 3. The predicted octanol–water partition coefficient (Wildman–Crippen LogP) is -1.26. The molecule has 0 saturated carbocycles. The highest BCUT2D eigenvalue weighted by Crippen LogP contribution is 2.19. The van der Waals surface area contributed by atoms with Gasteiger partial charge in [-0.3, -0.25) is 14.5 Å². The van der Waals surface area contributed by atoms with Crippen molar-refractivity contribution >= 4 is 11.8 Å². The van der Waals surface area contributed by atoms with Gasteiger partial charge in [0.05, 0.1) is 25.8 Å². The molecule has 8 nitrogen and oxygen atoms in total. The van der Waals surface area contributed by atoms with Crippen molar-refractivity contribution in [1.82, 2.24) is 14.7 Å². The van der Waals surface area contributed by atoms with E-state index in [1.807, 2.05) is 9.80 Å². The topological polar surface area (TPSA) is 88.3 Å². The Hall–Kier alpha value is -1.22. The van der Waals surface area contributed by atoms with E-state index in [1.165, 1.54) is 0 Å². The maximum atomic E-state index is 12.6. The van der Waals surface area contributed by atoms with Gasteiger partial charge in [0.25, 0.3) is 0 Å². The van der Waals surface area contributed by atoms with Crippen molar-refractivity contribution in [2.24, 2.45) is 11.7 Å². The monoisotopic (exact) mass is 354 g/mol. The number of morpholine rings is 1. The lowest BCUT2D eigenvalue weighted by Gasteiger charge is -2.38. The summed E-state index contributed by atoms with van der Waals surface area (Å²) in [5.74, 6) is 0.372. The van der Waals surface area contributed by atoms with Crippen molar-refractivity contribution in [2.45, 2.75) is 18.9 Å². The van der Waals surface area contributed by atoms with E-state index < -0.39 is 6.04 Å². The van der Waals surface area contributed by atoms with E-state index in [0.717, 1.165) is 25.9 Å². The van der Waals surface area contributed by atoms with E-state index in [0.29, 0.717) is 59.2 Å². The van der Waals surface area contributed by atoms with Crippen LogP contribution in [-0.2, 0) is 19.1 Å². The van der Waals surface area contributed by atoms with Crippen molar-refractivity contribution < 1.29 is 19.1 Å². The van der Waals surface area contributed by atoms with Crippen LogP contribution in [0.25, 0.3) is 0 Å². The van der Waals surface area contributed by atoms with E-state index in [-0.39, 0.29) is 17.7 Å². The Morgan fingerprint density at radius 3 is 2.08 bits per heavy atom. The molecule has 0 aromatic carbocycles. The Labute approximate surface area is 149 Å². The first-order valence-electron chi connectivity index (χ1n) is 9.35. The second kappa shape index (κ2) is 8.93. The highest BCUT2D eigenvalue weighted by Gasteiger charge is 2.32. The normalized spacial score (nSPS) is 25.0. The van der Waals surface area contributed by atoms with Crippen molar-refractivity contribution in [3.05, 3.63) is 0 Å². The number of ether oxygens (including phenoxy) is 2. The molecule has 0 aromatic heterocycles. The standard InChI is InChI=1S/C17H30N4O4/c18-16(14-1-9-24-10-2-14)17(23)21-5-3-20(4-6-21)15(22)13-19-7-11-25-12-8-19/h14,16H,1-13,18H2. The smallest absolute Gasteiger partial charge is 0.239 e. The van der Waals surface area contributed by atoms with Crippen molar-refractivity contribution in [3.8, 4) is 0 Å². The van der Waals surface area contributed by atoms with Crippen LogP contribution >= 0.6 is 0 Å². The minimum Gasteiger partial charge on any atom is -0.381 e. The number of amides is 2. The highest BCUT2D eigenvalue weighted by molar-refractivity contribution is 5.83. The summed E-state index contributed by atoms with van der Waals surface area (Å²) < 4.78 is 10.7. The van der Waals surface area contributed by atoms with E-state index in [1.54, 1.807) is 0 Å². The van der Waals surface area contributed by atoms with E-state index in [9.17, 15) is 9.59 Å². The van der Waals surface area contributed by atoms with Gasteiger partial charge in [-0.05, 0) is 18.8 Å². The summed E-state index contributed by atoms with van der Waals surface area (Å²) in [6.07, 6.45) is 1.70. The molecular formula is C17H30N4O4. The van der Waals surface area contributed by atoms with Crippen LogP contribution in [0.1, 0.15) is 12.8 Å². The summed E-state index contributed by atoms with van der Waals surface area (Å²) in [4.78, 5) is 30.9. The molecule has 3 rings (SSSR count). The van der Waals surface area contributed by atoms with Gasteiger partial charge in [0.15, 0.2) is 0 Å². The number of nitrogens with two attached hydrogens (primary N) is 1. The fraction of sp³-hybridized carbons (Fsp3) is 0.882. The Bertz CT molecular complexity index is 456. The lowest BCUT2D eigenvalue weighted by molar-refractivity contribution is -0.142. The number of hydrogen-bond acceptors (Lipinski definition) is 6. The molecule has 3 saturated heterocycles. The molecule has 0 radical (unpaired) electrons. The maximum absolute atomic E-state index is 12.6. The van der Waals surface area contributed by atoms with Crippen molar-refractivity contribution in [3.63, 3.8) is 0 Å². The molecule has 2 N–H and O–H groups in total. The molecule has 142 valence electrons. The van der Waals surface area contributed by atoms with Gasteiger partial charge in [0.1, 0.15) is 0 Å². The first-order valence-corrected chi connectivity index (χ1v) is 9.35. The molecule has 1 unspecified atom stereocenters. The molecule has 0 aromatic rings. The van der Waals surface area contributed by atoms with Crippen LogP contribution in [0.15, 0.2) is 0 Å². The summed E-state index contributed by atoms with van der Waals surface area (Å²) >= 11 is 0. The summed E-state index contributed by atoms with van der Waals surface area (Å²) in [5.41, 5.74) is 6.20. The van der Waals surface area contributed by atoms with E-state index >= 15 is 0 Å². The third-order valence-electron chi connectivity index (χ3n) is 5.47. The Morgan fingerprint density at radius 2 is 1.44 bits per heavy atom. The number of carbonyl (C=O) groups is 2. The van der Waals surface area contributed by atoms with Crippen LogP contribution in [0.5, 0.6) is 0 Å². The van der Waals surface area contributed by atoms with Crippen LogP contribution in [0, 0.1) is 5.92 Å². The van der Waals surface area contributed by atoms with Gasteiger partial charge in [0.2, 0.25) is 11.8 Å². The molecular weight excluding hydrogens is 324 g/mol. The molecule has 3 aliphatic rings. The molecule has 0 bridgehead atoms. The maximum Gasteiger partial charge on any atom is 0.239 e. The third kappa shape index (κ3) is 4.91. The lowest BCUT2D eigenvalue weighted by atomic mass is 9.91. The van der Waals surface area contributed by atoms with Crippen LogP contribution < -0.4 is 5.73 Å². The van der Waals surface area contributed by atoms with Crippen LogP contribution in [0.4, 0.5) is 0 Å². The van der Waals surface area contributed by atoms with Gasteiger partial charge in [-0.1, -0.05) is 0 Å². The summed E-state index contributed by atoms with van der Waals surface area (Å²) in [6.45, 7) is 7.16. The van der Waals surface area contributed by atoms with Crippen LogP contribution in [0.3, 0.4) is 0 Å². The number of carbonyl (C=O) groups excluding carboxylic acids is 2. The minimum atomic E-state index is -0.445. The van der Waals surface area contributed by atoms with Crippen molar-refractivity contribution in [2.75, 3.05) is 72.2 Å². The first kappa shape index (κ1) is 18.6. The van der Waals surface area contributed by atoms with E-state index in [2.05, 4.69) is 4.90 Å². The van der Waals surface area contributed by atoms with E-state index in [4.69, 9.17) is 15.2 Å². The minimum absolute atomic E-state index is 0.0205. The lowest BCUT2D eigenvalue weighted by Crippen LogP contribution is -2.57. The Morgan fingerprint density at radius 1 is 0.880 bits per heavy atom. The largest absolute Gasteiger partial charge is 0.381 e. The fourth-order valence-electron chi connectivity index (χ4n) is 3.71. The highest BCUT2D eigenvalue weighted by atomic mass is 16.5. The zero-order valence-electron chi connectivity index (χ0n) is 14.9. The summed E-state index contributed by atoms with van der Waals surface area (Å²) in [6, 6.07) is -0.445. The number of rotatable bonds is 4. The zero-order valence-corrected chi connectivity index (χ0v) is 14.9. The van der Waals surface area contributed by atoms with Crippen LogP contribution in [-0.4, -0.2) is 105 Å². The quantitative estimate of drug-likeness (QED) is 0.678. The zero-order chi connectivity index (χ0) is 17.6. The number of hydrogen-bond donors (Lipinski definition) is 1. The van der Waals surface area contributed by atoms with Gasteiger partial charge in [-0.15, -0.1) is 0 Å². The van der Waals surface area contributed by atoms with Gasteiger partial charge in [-0.2, -0.15) is 0 Å². The number of piperazine rings is 1. The third-order valence-corrected chi connectivity index (χ3v) is 5.47. The molecule has 3 fully saturated rings. The average Bonchev–Trinajstić information content (AvgIpc) is 2.68. The fourth-order valence-corrected chi connectivity index (χ4v) is 3.71. The Kier molecular flexibility index (Phi) is 6.63. The second-order valence-electron chi connectivity index (χ2n) is 7.07. The molecule has 2 amide bonds. The summed E-state index contributed by atoms with van der Waals surface area (Å²) in [7, 11) is 0. The van der Waals surface area contributed by atoms with Crippen molar-refractivity contribution in [1.29, 1.82) is 0 Å². The molecule has 3 heterocycles. The SMILES string of the molecule is NC(C(=O)N1CCN(C(=O)CN2CCOCC2)CC1)C1CCOCC1. The summed E-state index contributed by atoms with van der Waals surface area (Å²) in [5, 5.41) is 0. The molecule has 0 spiro atoms. The average molecular weight is 354 g/mol. The molecule has 25 heavy (non-hydrogen) atoms. The molecule has 3 aliphatic heterocycles. The van der Waals surface area contributed by atoms with Crippen LogP contribution in [0.2, 0.25) is 0 Å². The Balaban J connectivity index is 1.42. The second-order valence-corrected chi connectivity index (χ2v) is 7.07. The van der Waals surface area contributed by atoms with Gasteiger partial charge in [0, 0.05) is 52.5 Å². The van der Waals surface area contributed by atoms with Gasteiger partial charge >= 0.3 is 0 Å².